The van der Waals surface area contributed by atoms with Crippen LogP contribution in [0.4, 0.5) is 30.4 Å². The van der Waals surface area contributed by atoms with E-state index >= 15 is 0 Å². The van der Waals surface area contributed by atoms with E-state index < -0.39 is 28.8 Å². The van der Waals surface area contributed by atoms with Crippen LogP contribution in [0.1, 0.15) is 0 Å². The SMILES string of the molecule is O=[N+]([O-])c1cc2c(Nc3ccc(F)c(Cl)c3)ncnc2cc1OC(F)F. The van der Waals surface area contributed by atoms with E-state index in [0.717, 1.165) is 24.5 Å². The molecule has 1 aromatic heterocycles. The summed E-state index contributed by atoms with van der Waals surface area (Å²) in [5.41, 5.74) is -0.170. The maximum Gasteiger partial charge on any atom is 0.387 e. The predicted molar refractivity (Wildman–Crippen MR) is 87.5 cm³/mol. The number of halogens is 4. The molecule has 0 aliphatic heterocycles. The molecular weight excluding hydrogens is 377 g/mol. The Balaban J connectivity index is 2.10. The molecule has 0 radical (unpaired) electrons. The first-order valence-electron chi connectivity index (χ1n) is 6.95. The summed E-state index contributed by atoms with van der Waals surface area (Å²) in [6.07, 6.45) is 1.13. The third-order valence-electron chi connectivity index (χ3n) is 3.31. The number of hydrogen-bond donors (Lipinski definition) is 1. The number of aromatic nitrogens is 2. The molecule has 0 saturated heterocycles. The fourth-order valence-corrected chi connectivity index (χ4v) is 2.40. The molecule has 1 N–H and O–H groups in total. The number of hydrogen-bond acceptors (Lipinski definition) is 6. The minimum absolute atomic E-state index is 0.132. The average molecular weight is 385 g/mol. The van der Waals surface area contributed by atoms with Crippen LogP contribution in [-0.4, -0.2) is 21.5 Å². The lowest BCUT2D eigenvalue weighted by atomic mass is 10.2. The highest BCUT2D eigenvalue weighted by Gasteiger charge is 2.21. The molecule has 0 spiro atoms. The Labute approximate surface area is 148 Å². The van der Waals surface area contributed by atoms with Crippen molar-refractivity contribution in [3.63, 3.8) is 0 Å². The van der Waals surface area contributed by atoms with Crippen molar-refractivity contribution in [1.82, 2.24) is 9.97 Å². The second kappa shape index (κ2) is 7.00. The zero-order chi connectivity index (χ0) is 18.8. The van der Waals surface area contributed by atoms with E-state index in [4.69, 9.17) is 11.6 Å². The number of anilines is 2. The number of fused-ring (bicyclic) bond motifs is 1. The molecule has 0 bridgehead atoms. The normalized spacial score (nSPS) is 11.0. The minimum atomic E-state index is -3.23. The molecule has 3 aromatic rings. The smallest absolute Gasteiger partial charge is 0.387 e. The molecule has 134 valence electrons. The van der Waals surface area contributed by atoms with Crippen LogP contribution in [0.3, 0.4) is 0 Å². The van der Waals surface area contributed by atoms with Gasteiger partial charge in [-0.15, -0.1) is 0 Å². The third-order valence-corrected chi connectivity index (χ3v) is 3.60. The molecule has 0 atom stereocenters. The van der Waals surface area contributed by atoms with Crippen molar-refractivity contribution in [2.45, 2.75) is 6.61 Å². The van der Waals surface area contributed by atoms with Gasteiger partial charge in [-0.05, 0) is 18.2 Å². The molecule has 7 nitrogen and oxygen atoms in total. The van der Waals surface area contributed by atoms with Crippen molar-refractivity contribution in [2.24, 2.45) is 0 Å². The summed E-state index contributed by atoms with van der Waals surface area (Å²) in [6, 6.07) is 5.85. The van der Waals surface area contributed by atoms with Gasteiger partial charge in [0.1, 0.15) is 18.0 Å². The van der Waals surface area contributed by atoms with E-state index in [-0.39, 0.29) is 21.7 Å². The summed E-state index contributed by atoms with van der Waals surface area (Å²) in [6.45, 7) is -3.23. The molecule has 0 aliphatic carbocycles. The van der Waals surface area contributed by atoms with Gasteiger partial charge in [0.15, 0.2) is 0 Å². The van der Waals surface area contributed by atoms with Gasteiger partial charge in [-0.2, -0.15) is 8.78 Å². The van der Waals surface area contributed by atoms with E-state index in [9.17, 15) is 23.3 Å². The lowest BCUT2D eigenvalue weighted by Gasteiger charge is -2.11. The number of nitro groups is 1. The van der Waals surface area contributed by atoms with Gasteiger partial charge in [-0.1, -0.05) is 11.6 Å². The van der Waals surface area contributed by atoms with E-state index in [1.54, 1.807) is 0 Å². The third kappa shape index (κ3) is 3.59. The van der Waals surface area contributed by atoms with Gasteiger partial charge in [0.05, 0.1) is 20.8 Å². The highest BCUT2D eigenvalue weighted by Crippen LogP contribution is 2.35. The zero-order valence-electron chi connectivity index (χ0n) is 12.6. The van der Waals surface area contributed by atoms with Gasteiger partial charge in [-0.25, -0.2) is 14.4 Å². The Kier molecular flexibility index (Phi) is 4.76. The van der Waals surface area contributed by atoms with Gasteiger partial charge in [0.2, 0.25) is 5.75 Å². The monoisotopic (exact) mass is 384 g/mol. The zero-order valence-corrected chi connectivity index (χ0v) is 13.4. The van der Waals surface area contributed by atoms with Crippen LogP contribution in [0.2, 0.25) is 5.02 Å². The number of rotatable bonds is 5. The van der Waals surface area contributed by atoms with Crippen LogP contribution in [-0.2, 0) is 0 Å². The lowest BCUT2D eigenvalue weighted by Crippen LogP contribution is -2.05. The number of benzene rings is 2. The summed E-state index contributed by atoms with van der Waals surface area (Å²) in [5.74, 6) is -1.09. The van der Waals surface area contributed by atoms with Gasteiger partial charge < -0.3 is 10.1 Å². The maximum atomic E-state index is 13.2. The fourth-order valence-electron chi connectivity index (χ4n) is 2.22. The minimum Gasteiger partial charge on any atom is -0.427 e. The first kappa shape index (κ1) is 17.7. The molecule has 11 heteroatoms. The largest absolute Gasteiger partial charge is 0.427 e. The number of ether oxygens (including phenoxy) is 1. The summed E-state index contributed by atoms with van der Waals surface area (Å²) < 4.78 is 42.4. The van der Waals surface area contributed by atoms with Gasteiger partial charge in [0, 0.05) is 17.8 Å². The molecule has 0 fully saturated rings. The van der Waals surface area contributed by atoms with Gasteiger partial charge in [0.25, 0.3) is 0 Å². The number of alkyl halides is 2. The van der Waals surface area contributed by atoms with Crippen LogP contribution in [0.5, 0.6) is 5.75 Å². The summed E-state index contributed by atoms with van der Waals surface area (Å²) in [7, 11) is 0. The molecule has 0 amide bonds. The summed E-state index contributed by atoms with van der Waals surface area (Å²) >= 11 is 5.71. The highest BCUT2D eigenvalue weighted by atomic mass is 35.5. The quantitative estimate of drug-likeness (QED) is 0.507. The molecule has 0 unspecified atom stereocenters. The van der Waals surface area contributed by atoms with Crippen molar-refractivity contribution < 1.29 is 22.8 Å². The first-order chi connectivity index (χ1) is 12.3. The summed E-state index contributed by atoms with van der Waals surface area (Å²) in [4.78, 5) is 18.2. The molecule has 0 aliphatic rings. The Bertz CT molecular complexity index is 1000. The van der Waals surface area contributed by atoms with Crippen LogP contribution < -0.4 is 10.1 Å². The average Bonchev–Trinajstić information content (AvgIpc) is 2.57. The van der Waals surface area contributed by atoms with Crippen LogP contribution in [0, 0.1) is 15.9 Å². The lowest BCUT2D eigenvalue weighted by molar-refractivity contribution is -0.386. The summed E-state index contributed by atoms with van der Waals surface area (Å²) in [5, 5.41) is 14.0. The van der Waals surface area contributed by atoms with Crippen LogP contribution >= 0.6 is 11.6 Å². The van der Waals surface area contributed by atoms with Crippen molar-refractivity contribution in [2.75, 3.05) is 5.32 Å². The highest BCUT2D eigenvalue weighted by molar-refractivity contribution is 6.31. The Morgan fingerprint density at radius 3 is 2.65 bits per heavy atom. The van der Waals surface area contributed by atoms with Crippen molar-refractivity contribution in [3.05, 3.63) is 57.6 Å². The second-order valence-electron chi connectivity index (χ2n) is 4.95. The maximum absolute atomic E-state index is 13.2. The van der Waals surface area contributed by atoms with E-state index in [0.29, 0.717) is 5.69 Å². The molecule has 2 aromatic carbocycles. The fraction of sp³-hybridized carbons (Fsp3) is 0.0667. The van der Waals surface area contributed by atoms with Gasteiger partial charge in [-0.3, -0.25) is 10.1 Å². The number of nitrogens with zero attached hydrogens (tertiary/aromatic N) is 3. The van der Waals surface area contributed by atoms with Gasteiger partial charge >= 0.3 is 12.3 Å². The topological polar surface area (TPSA) is 90.2 Å². The van der Waals surface area contributed by atoms with Crippen molar-refractivity contribution in [1.29, 1.82) is 0 Å². The van der Waals surface area contributed by atoms with E-state index in [1.165, 1.54) is 12.1 Å². The Hall–Kier alpha value is -3.14. The van der Waals surface area contributed by atoms with E-state index in [2.05, 4.69) is 20.0 Å². The van der Waals surface area contributed by atoms with Crippen LogP contribution in [0.15, 0.2) is 36.7 Å². The number of nitrogens with one attached hydrogen (secondary N) is 1. The van der Waals surface area contributed by atoms with Crippen molar-refractivity contribution in [3.8, 4) is 5.75 Å². The van der Waals surface area contributed by atoms with Crippen LogP contribution in [0.25, 0.3) is 10.9 Å². The molecule has 0 saturated carbocycles. The first-order valence-corrected chi connectivity index (χ1v) is 7.33. The second-order valence-corrected chi connectivity index (χ2v) is 5.36. The standard InChI is InChI=1S/C15H8ClF3N4O3/c16-9-3-7(1-2-10(9)17)22-14-8-4-12(23(24)25)13(26-15(18)19)5-11(8)20-6-21-14/h1-6,15H,(H,20,21,22). The molecule has 26 heavy (non-hydrogen) atoms. The Morgan fingerprint density at radius 1 is 1.23 bits per heavy atom. The Morgan fingerprint density at radius 2 is 2.00 bits per heavy atom. The number of nitro benzene ring substituents is 1. The molecule has 1 heterocycles. The molecular formula is C15H8ClF3N4O3. The predicted octanol–water partition coefficient (Wildman–Crippen LogP) is 4.68. The van der Waals surface area contributed by atoms with E-state index in [1.807, 2.05) is 0 Å². The van der Waals surface area contributed by atoms with Crippen molar-refractivity contribution >= 4 is 39.7 Å². The molecule has 3 rings (SSSR count).